The van der Waals surface area contributed by atoms with Gasteiger partial charge in [-0.2, -0.15) is 0 Å². The van der Waals surface area contributed by atoms with E-state index < -0.39 is 0 Å². The molecule has 0 spiro atoms. The van der Waals surface area contributed by atoms with Gasteiger partial charge in [-0.05, 0) is 60.9 Å². The summed E-state index contributed by atoms with van der Waals surface area (Å²) in [5, 5.41) is 3.47. The van der Waals surface area contributed by atoms with Crippen LogP contribution in [0.1, 0.15) is 36.5 Å². The quantitative estimate of drug-likeness (QED) is 0.750. The molecule has 3 nitrogen and oxygen atoms in total. The Morgan fingerprint density at radius 3 is 2.68 bits per heavy atom. The fraction of sp³-hybridized carbons (Fsp3) is 0.238. The summed E-state index contributed by atoms with van der Waals surface area (Å²) in [6.45, 7) is 4.24. The van der Waals surface area contributed by atoms with Crippen LogP contribution in [0.5, 0.6) is 0 Å². The van der Waals surface area contributed by atoms with Crippen LogP contribution in [0.3, 0.4) is 0 Å². The van der Waals surface area contributed by atoms with Gasteiger partial charge in [0.15, 0.2) is 5.17 Å². The van der Waals surface area contributed by atoms with Crippen LogP contribution in [0.4, 0.5) is 5.69 Å². The van der Waals surface area contributed by atoms with E-state index >= 15 is 0 Å². The molecule has 0 bridgehead atoms. The minimum Gasteiger partial charge on any atom is -0.300 e. The summed E-state index contributed by atoms with van der Waals surface area (Å²) in [5.74, 6) is -0.0928. The average molecular weight is 350 g/mol. The van der Waals surface area contributed by atoms with Crippen LogP contribution >= 0.6 is 11.8 Å². The molecule has 0 atom stereocenters. The number of nitrogens with zero attached hydrogens (tertiary/aromatic N) is 1. The third-order valence-corrected chi connectivity index (χ3v) is 4.89. The van der Waals surface area contributed by atoms with Gasteiger partial charge in [-0.1, -0.05) is 55.3 Å². The zero-order valence-electron chi connectivity index (χ0n) is 14.6. The lowest BCUT2D eigenvalue weighted by Crippen LogP contribution is -2.19. The molecule has 1 aliphatic heterocycles. The molecule has 2 aromatic carbocycles. The second-order valence-corrected chi connectivity index (χ2v) is 7.20. The lowest BCUT2D eigenvalue weighted by atomic mass is 10.1. The van der Waals surface area contributed by atoms with E-state index in [1.807, 2.05) is 43.3 Å². The van der Waals surface area contributed by atoms with Crippen molar-refractivity contribution in [3.63, 3.8) is 0 Å². The molecular formula is C21H22N2OS. The summed E-state index contributed by atoms with van der Waals surface area (Å²) in [4.78, 5) is 17.4. The summed E-state index contributed by atoms with van der Waals surface area (Å²) >= 11 is 1.38. The molecule has 1 amide bonds. The number of hydrogen-bond donors (Lipinski definition) is 1. The Kier molecular flexibility index (Phi) is 5.71. The third-order valence-electron chi connectivity index (χ3n) is 3.98. The minimum atomic E-state index is -0.0928. The number of rotatable bonds is 5. The molecule has 1 heterocycles. The Morgan fingerprint density at radius 1 is 1.16 bits per heavy atom. The Balaban J connectivity index is 1.72. The summed E-state index contributed by atoms with van der Waals surface area (Å²) in [5.41, 5.74) is 4.39. The van der Waals surface area contributed by atoms with Gasteiger partial charge in [-0.25, -0.2) is 4.99 Å². The molecule has 128 valence electrons. The number of amides is 1. The van der Waals surface area contributed by atoms with Crippen LogP contribution in [-0.4, -0.2) is 11.1 Å². The first-order valence-electron chi connectivity index (χ1n) is 8.59. The molecule has 1 fully saturated rings. The number of amidine groups is 1. The Labute approximate surface area is 153 Å². The predicted octanol–water partition coefficient (Wildman–Crippen LogP) is 5.23. The first kappa shape index (κ1) is 17.5. The number of aryl methyl sites for hydroxylation is 2. The van der Waals surface area contributed by atoms with Gasteiger partial charge in [-0.3, -0.25) is 4.79 Å². The van der Waals surface area contributed by atoms with E-state index in [4.69, 9.17) is 0 Å². The van der Waals surface area contributed by atoms with Crippen LogP contribution in [0, 0.1) is 6.92 Å². The van der Waals surface area contributed by atoms with E-state index in [9.17, 15) is 4.79 Å². The molecule has 0 aliphatic carbocycles. The highest BCUT2D eigenvalue weighted by atomic mass is 32.2. The van der Waals surface area contributed by atoms with Crippen molar-refractivity contribution < 1.29 is 4.79 Å². The van der Waals surface area contributed by atoms with Crippen LogP contribution in [0.25, 0.3) is 6.08 Å². The minimum absolute atomic E-state index is 0.0928. The second-order valence-electron chi connectivity index (χ2n) is 6.17. The highest BCUT2D eigenvalue weighted by Gasteiger charge is 2.23. The third kappa shape index (κ3) is 4.83. The SMILES string of the molecule is CCCCc1ccc(N=C2NC(=O)/C(=C/c3cccc(C)c3)S2)cc1. The van der Waals surface area contributed by atoms with Crippen molar-refractivity contribution >= 4 is 34.6 Å². The van der Waals surface area contributed by atoms with Gasteiger partial charge in [0.05, 0.1) is 10.6 Å². The highest BCUT2D eigenvalue weighted by molar-refractivity contribution is 8.18. The molecule has 1 saturated heterocycles. The molecule has 4 heteroatoms. The van der Waals surface area contributed by atoms with E-state index in [1.165, 1.54) is 35.7 Å². The molecular weight excluding hydrogens is 328 g/mol. The monoisotopic (exact) mass is 350 g/mol. The molecule has 0 unspecified atom stereocenters. The Bertz CT molecular complexity index is 822. The smallest absolute Gasteiger partial charge is 0.264 e. The number of unbranched alkanes of at least 4 members (excludes halogenated alkanes) is 1. The first-order chi connectivity index (χ1) is 12.1. The summed E-state index contributed by atoms with van der Waals surface area (Å²) in [6, 6.07) is 16.3. The van der Waals surface area contributed by atoms with E-state index in [2.05, 4.69) is 35.4 Å². The number of nitrogens with one attached hydrogen (secondary N) is 1. The first-order valence-corrected chi connectivity index (χ1v) is 9.41. The lowest BCUT2D eigenvalue weighted by molar-refractivity contribution is -0.115. The Hall–Kier alpha value is -2.33. The summed E-state index contributed by atoms with van der Waals surface area (Å²) in [6.07, 6.45) is 5.40. The standard InChI is InChI=1S/C21H22N2OS/c1-3-4-7-16-9-11-18(12-10-16)22-21-23-20(24)19(25-21)14-17-8-5-6-15(2)13-17/h5-6,8-14H,3-4,7H2,1-2H3,(H,22,23,24)/b19-14-. The fourth-order valence-electron chi connectivity index (χ4n) is 2.63. The van der Waals surface area contributed by atoms with Crippen molar-refractivity contribution in [2.45, 2.75) is 33.1 Å². The van der Waals surface area contributed by atoms with Crippen LogP contribution < -0.4 is 5.32 Å². The van der Waals surface area contributed by atoms with Gasteiger partial charge in [0, 0.05) is 0 Å². The molecule has 3 rings (SSSR count). The van der Waals surface area contributed by atoms with Gasteiger partial charge in [0.1, 0.15) is 0 Å². The zero-order valence-corrected chi connectivity index (χ0v) is 15.4. The van der Waals surface area contributed by atoms with Crippen LogP contribution in [0.2, 0.25) is 0 Å². The van der Waals surface area contributed by atoms with Gasteiger partial charge in [-0.15, -0.1) is 0 Å². The molecule has 0 aromatic heterocycles. The van der Waals surface area contributed by atoms with Crippen molar-refractivity contribution in [2.24, 2.45) is 4.99 Å². The van der Waals surface area contributed by atoms with Crippen LogP contribution in [0.15, 0.2) is 58.4 Å². The predicted molar refractivity (Wildman–Crippen MR) is 107 cm³/mol. The topological polar surface area (TPSA) is 41.5 Å². The highest BCUT2D eigenvalue weighted by Crippen LogP contribution is 2.28. The molecule has 25 heavy (non-hydrogen) atoms. The number of hydrogen-bond acceptors (Lipinski definition) is 3. The molecule has 1 aliphatic rings. The molecule has 1 N–H and O–H groups in total. The van der Waals surface area contributed by atoms with E-state index in [0.29, 0.717) is 10.1 Å². The number of carbonyl (C=O) groups is 1. The maximum absolute atomic E-state index is 12.2. The maximum Gasteiger partial charge on any atom is 0.264 e. The van der Waals surface area contributed by atoms with Gasteiger partial charge in [0.25, 0.3) is 5.91 Å². The zero-order chi connectivity index (χ0) is 17.6. The average Bonchev–Trinajstić information content (AvgIpc) is 2.93. The van der Waals surface area contributed by atoms with Gasteiger partial charge >= 0.3 is 0 Å². The molecule has 0 saturated carbocycles. The van der Waals surface area contributed by atoms with Gasteiger partial charge in [0.2, 0.25) is 0 Å². The number of carbonyl (C=O) groups excluding carboxylic acids is 1. The fourth-order valence-corrected chi connectivity index (χ4v) is 3.47. The molecule has 2 aromatic rings. The number of thioether (sulfide) groups is 1. The Morgan fingerprint density at radius 2 is 1.96 bits per heavy atom. The van der Waals surface area contributed by atoms with Gasteiger partial charge < -0.3 is 5.32 Å². The van der Waals surface area contributed by atoms with E-state index in [-0.39, 0.29) is 5.91 Å². The van der Waals surface area contributed by atoms with Crippen molar-refractivity contribution in [1.29, 1.82) is 0 Å². The maximum atomic E-state index is 12.2. The summed E-state index contributed by atoms with van der Waals surface area (Å²) in [7, 11) is 0. The van der Waals surface area contributed by atoms with Crippen molar-refractivity contribution in [2.75, 3.05) is 0 Å². The van der Waals surface area contributed by atoms with E-state index in [0.717, 1.165) is 17.7 Å². The van der Waals surface area contributed by atoms with E-state index in [1.54, 1.807) is 0 Å². The van der Waals surface area contributed by atoms with Crippen molar-refractivity contribution in [3.8, 4) is 0 Å². The largest absolute Gasteiger partial charge is 0.300 e. The van der Waals surface area contributed by atoms with Crippen molar-refractivity contribution in [3.05, 3.63) is 70.1 Å². The summed E-state index contributed by atoms with van der Waals surface area (Å²) < 4.78 is 0. The second kappa shape index (κ2) is 8.17. The van der Waals surface area contributed by atoms with Crippen molar-refractivity contribution in [1.82, 2.24) is 5.32 Å². The number of aliphatic imine (C=N–C) groups is 1. The molecule has 0 radical (unpaired) electrons. The normalized spacial score (nSPS) is 17.3. The van der Waals surface area contributed by atoms with Crippen LogP contribution in [-0.2, 0) is 11.2 Å². The lowest BCUT2D eigenvalue weighted by Gasteiger charge is -2.01. The number of benzene rings is 2.